The molecule has 112 valence electrons. The maximum absolute atomic E-state index is 13.9. The average molecular weight is 332 g/mol. The van der Waals surface area contributed by atoms with Gasteiger partial charge in [-0.05, 0) is 6.92 Å². The Hall–Kier alpha value is -2.27. The number of halogens is 1. The second-order valence-electron chi connectivity index (χ2n) is 3.82. The van der Waals surface area contributed by atoms with Gasteiger partial charge in [-0.25, -0.2) is 19.2 Å². The number of carbonyl (C=O) groups is 1. The van der Waals surface area contributed by atoms with Crippen LogP contribution in [0.1, 0.15) is 5.69 Å². The molecule has 0 radical (unpaired) electrons. The van der Waals surface area contributed by atoms with Gasteiger partial charge in [0, 0.05) is 11.4 Å². The number of anilines is 2. The molecular formula is C10H9FN4O4S2. The van der Waals surface area contributed by atoms with E-state index in [9.17, 15) is 17.6 Å². The van der Waals surface area contributed by atoms with E-state index in [-0.39, 0.29) is 17.2 Å². The summed E-state index contributed by atoms with van der Waals surface area (Å²) in [6.45, 7) is 1.35. The number of nitrogens with zero attached hydrogens (tertiary/aromatic N) is 2. The molecule has 0 atom stereocenters. The van der Waals surface area contributed by atoms with Crippen molar-refractivity contribution < 1.29 is 22.7 Å². The van der Waals surface area contributed by atoms with Gasteiger partial charge in [0.2, 0.25) is 5.03 Å². The number of amides is 1. The van der Waals surface area contributed by atoms with Crippen LogP contribution < -0.4 is 10.0 Å². The Balaban J connectivity index is 2.40. The molecule has 1 amide bonds. The van der Waals surface area contributed by atoms with Crippen molar-refractivity contribution in [2.75, 3.05) is 10.0 Å². The van der Waals surface area contributed by atoms with Crippen LogP contribution >= 0.6 is 11.3 Å². The first-order valence-electron chi connectivity index (χ1n) is 5.37. The molecule has 2 heterocycles. The minimum atomic E-state index is -4.25. The molecule has 0 saturated heterocycles. The summed E-state index contributed by atoms with van der Waals surface area (Å²) in [5.41, 5.74) is 1.30. The van der Waals surface area contributed by atoms with Gasteiger partial charge < -0.3 is 5.11 Å². The Morgan fingerprint density at radius 1 is 1.48 bits per heavy atom. The summed E-state index contributed by atoms with van der Waals surface area (Å²) in [6, 6.07) is 0.756. The molecule has 0 bridgehead atoms. The third-order valence-corrected chi connectivity index (χ3v) is 4.16. The number of hydrogen-bond donors (Lipinski definition) is 3. The maximum Gasteiger partial charge on any atom is 0.409 e. The number of aryl methyl sites for hydroxylation is 1. The molecule has 0 aromatic carbocycles. The predicted molar refractivity (Wildman–Crippen MR) is 73.5 cm³/mol. The highest BCUT2D eigenvalue weighted by Gasteiger charge is 2.24. The molecule has 0 unspecified atom stereocenters. The van der Waals surface area contributed by atoms with Gasteiger partial charge in [-0.2, -0.15) is 8.42 Å². The van der Waals surface area contributed by atoms with E-state index in [2.05, 4.69) is 14.7 Å². The minimum absolute atomic E-state index is 0.0254. The molecule has 0 aliphatic rings. The predicted octanol–water partition coefficient (Wildman–Crippen LogP) is 1.88. The summed E-state index contributed by atoms with van der Waals surface area (Å²) in [4.78, 5) is 17.9. The highest BCUT2D eigenvalue weighted by molar-refractivity contribution is 7.92. The first kappa shape index (κ1) is 15.1. The van der Waals surface area contributed by atoms with Crippen LogP contribution in [0.4, 0.5) is 20.7 Å². The number of nitrogens with one attached hydrogen (secondary N) is 2. The van der Waals surface area contributed by atoms with E-state index < -0.39 is 27.0 Å². The van der Waals surface area contributed by atoms with Crippen molar-refractivity contribution in [2.45, 2.75) is 11.9 Å². The van der Waals surface area contributed by atoms with Gasteiger partial charge in [0.1, 0.15) is 0 Å². The fourth-order valence-corrected chi connectivity index (χ4v) is 3.05. The van der Waals surface area contributed by atoms with Crippen molar-refractivity contribution in [1.29, 1.82) is 0 Å². The molecule has 0 spiro atoms. The number of hydrogen-bond acceptors (Lipinski definition) is 6. The highest BCUT2D eigenvalue weighted by Crippen LogP contribution is 2.22. The van der Waals surface area contributed by atoms with Crippen molar-refractivity contribution in [3.63, 3.8) is 0 Å². The number of aromatic nitrogens is 2. The maximum atomic E-state index is 13.9. The number of carboxylic acid groups (broad SMARTS) is 1. The molecule has 2 rings (SSSR count). The van der Waals surface area contributed by atoms with E-state index in [4.69, 9.17) is 5.11 Å². The van der Waals surface area contributed by atoms with Crippen LogP contribution in [0.15, 0.2) is 22.0 Å². The third-order valence-electron chi connectivity index (χ3n) is 2.30. The Kier molecular flexibility index (Phi) is 4.04. The summed E-state index contributed by atoms with van der Waals surface area (Å²) in [7, 11) is -4.25. The van der Waals surface area contributed by atoms with E-state index in [1.807, 2.05) is 5.32 Å². The molecule has 11 heteroatoms. The van der Waals surface area contributed by atoms with Crippen molar-refractivity contribution in [3.8, 4) is 0 Å². The Bertz CT molecular complexity index is 777. The normalized spacial score (nSPS) is 11.1. The molecule has 3 N–H and O–H groups in total. The van der Waals surface area contributed by atoms with Crippen LogP contribution in [0.3, 0.4) is 0 Å². The topological polar surface area (TPSA) is 121 Å². The van der Waals surface area contributed by atoms with Crippen LogP contribution in [-0.4, -0.2) is 29.6 Å². The van der Waals surface area contributed by atoms with Crippen molar-refractivity contribution in [2.24, 2.45) is 0 Å². The second kappa shape index (κ2) is 5.61. The Labute approximate surface area is 122 Å². The molecule has 8 nitrogen and oxygen atoms in total. The summed E-state index contributed by atoms with van der Waals surface area (Å²) < 4.78 is 40.0. The SMILES string of the molecule is Cc1nc(S(=O)(=O)Nc2cscn2)c(F)cc1NC(=O)O. The fraction of sp³-hybridized carbons (Fsp3) is 0.100. The molecule has 0 saturated carbocycles. The number of thiazole rings is 1. The molecule has 0 aliphatic heterocycles. The number of rotatable bonds is 4. The van der Waals surface area contributed by atoms with Gasteiger partial charge in [0.05, 0.1) is 16.9 Å². The molecule has 2 aromatic rings. The molecule has 0 fully saturated rings. The van der Waals surface area contributed by atoms with E-state index >= 15 is 0 Å². The highest BCUT2D eigenvalue weighted by atomic mass is 32.2. The van der Waals surface area contributed by atoms with Crippen LogP contribution in [0, 0.1) is 12.7 Å². The Morgan fingerprint density at radius 3 is 2.76 bits per heavy atom. The lowest BCUT2D eigenvalue weighted by molar-refractivity contribution is 0.209. The molecular weight excluding hydrogens is 323 g/mol. The largest absolute Gasteiger partial charge is 0.465 e. The van der Waals surface area contributed by atoms with E-state index in [1.54, 1.807) is 0 Å². The number of sulfonamides is 1. The van der Waals surface area contributed by atoms with Gasteiger partial charge in [-0.1, -0.05) is 0 Å². The zero-order chi connectivity index (χ0) is 15.6. The van der Waals surface area contributed by atoms with E-state index in [0.717, 1.165) is 17.4 Å². The van der Waals surface area contributed by atoms with Crippen molar-refractivity contribution in [1.82, 2.24) is 9.97 Å². The first-order valence-corrected chi connectivity index (χ1v) is 7.80. The van der Waals surface area contributed by atoms with Crippen molar-refractivity contribution in [3.05, 3.63) is 28.5 Å². The van der Waals surface area contributed by atoms with Crippen LogP contribution in [0.2, 0.25) is 0 Å². The van der Waals surface area contributed by atoms with Gasteiger partial charge in [0.25, 0.3) is 10.0 Å². The molecule has 2 aromatic heterocycles. The van der Waals surface area contributed by atoms with Gasteiger partial charge in [-0.3, -0.25) is 10.0 Å². The first-order chi connectivity index (χ1) is 9.79. The fourth-order valence-electron chi connectivity index (χ4n) is 1.44. The third kappa shape index (κ3) is 3.44. The average Bonchev–Trinajstić information content (AvgIpc) is 2.84. The van der Waals surface area contributed by atoms with Crippen LogP contribution in [0.25, 0.3) is 0 Å². The minimum Gasteiger partial charge on any atom is -0.465 e. The molecule has 0 aliphatic carbocycles. The van der Waals surface area contributed by atoms with Crippen molar-refractivity contribution >= 4 is 39.0 Å². The zero-order valence-corrected chi connectivity index (χ0v) is 12.1. The Morgan fingerprint density at radius 2 is 2.19 bits per heavy atom. The summed E-state index contributed by atoms with van der Waals surface area (Å²) in [5.74, 6) is -1.13. The van der Waals surface area contributed by atoms with Crippen LogP contribution in [-0.2, 0) is 10.0 Å². The molecule has 21 heavy (non-hydrogen) atoms. The van der Waals surface area contributed by atoms with Gasteiger partial charge in [0.15, 0.2) is 11.6 Å². The van der Waals surface area contributed by atoms with Gasteiger partial charge in [-0.15, -0.1) is 11.3 Å². The van der Waals surface area contributed by atoms with E-state index in [0.29, 0.717) is 0 Å². The second-order valence-corrected chi connectivity index (χ2v) is 6.13. The lowest BCUT2D eigenvalue weighted by Gasteiger charge is -2.10. The van der Waals surface area contributed by atoms with Crippen LogP contribution in [0.5, 0.6) is 0 Å². The lowest BCUT2D eigenvalue weighted by Crippen LogP contribution is -2.18. The number of pyridine rings is 1. The summed E-state index contributed by atoms with van der Waals surface area (Å²) in [6.07, 6.45) is -1.41. The van der Waals surface area contributed by atoms with E-state index in [1.165, 1.54) is 17.8 Å². The summed E-state index contributed by atoms with van der Waals surface area (Å²) >= 11 is 1.16. The quantitative estimate of drug-likeness (QED) is 0.786. The monoisotopic (exact) mass is 332 g/mol. The zero-order valence-electron chi connectivity index (χ0n) is 10.5. The lowest BCUT2D eigenvalue weighted by atomic mass is 10.3. The smallest absolute Gasteiger partial charge is 0.409 e. The summed E-state index contributed by atoms with van der Waals surface area (Å²) in [5, 5.41) is 11.1. The van der Waals surface area contributed by atoms with Gasteiger partial charge >= 0.3 is 6.09 Å². The standard InChI is InChI=1S/C10H9FN4O4S2/c1-5-7(14-10(16)17)2-6(11)9(13-5)21(18,19)15-8-3-20-4-12-8/h2-4,14-15H,1H3,(H,16,17).